The van der Waals surface area contributed by atoms with Crippen molar-refractivity contribution in [2.75, 3.05) is 6.61 Å². The number of ether oxygens (including phenoxy) is 1. The summed E-state index contributed by atoms with van der Waals surface area (Å²) in [5.74, 6) is -0.307. The summed E-state index contributed by atoms with van der Waals surface area (Å²) in [5, 5.41) is -0.0382. The molecular weight excluding hydrogens is 250 g/mol. The van der Waals surface area contributed by atoms with Crippen LogP contribution >= 0.6 is 11.6 Å². The Hall–Kier alpha value is -1.09. The van der Waals surface area contributed by atoms with Crippen molar-refractivity contribution in [2.24, 2.45) is 0 Å². The molecule has 0 fully saturated rings. The summed E-state index contributed by atoms with van der Waals surface area (Å²) in [6, 6.07) is 1.87. The van der Waals surface area contributed by atoms with E-state index in [-0.39, 0.29) is 11.3 Å². The van der Waals surface area contributed by atoms with Crippen molar-refractivity contribution in [3.8, 4) is 0 Å². The number of carbonyl (C=O) groups is 1. The molecule has 1 unspecified atom stereocenters. The van der Waals surface area contributed by atoms with Crippen LogP contribution in [0.4, 0.5) is 0 Å². The lowest BCUT2D eigenvalue weighted by Crippen LogP contribution is -2.11. The van der Waals surface area contributed by atoms with Crippen molar-refractivity contribution in [3.05, 3.63) is 28.6 Å². The van der Waals surface area contributed by atoms with E-state index in [0.29, 0.717) is 12.2 Å². The molecule has 0 bridgehead atoms. The minimum absolute atomic E-state index is 0.0382. The van der Waals surface area contributed by atoms with E-state index in [2.05, 4.69) is 4.98 Å². The number of esters is 1. The number of hydrogen-bond donors (Lipinski definition) is 0. The van der Waals surface area contributed by atoms with Gasteiger partial charge in [0.05, 0.1) is 23.2 Å². The molecule has 3 nitrogen and oxygen atoms in total. The molecular formula is C14H18ClNO2. The number of nitrogens with zero attached hydrogens (tertiary/aromatic N) is 1. The second-order valence-electron chi connectivity index (χ2n) is 4.59. The van der Waals surface area contributed by atoms with Crippen molar-refractivity contribution < 1.29 is 9.53 Å². The lowest BCUT2D eigenvalue weighted by molar-refractivity contribution is 0.0525. The minimum atomic E-state index is -0.307. The lowest BCUT2D eigenvalue weighted by Gasteiger charge is -2.13. The Kier molecular flexibility index (Phi) is 4.23. The zero-order valence-corrected chi connectivity index (χ0v) is 11.6. The third-order valence-electron chi connectivity index (χ3n) is 3.28. The molecule has 1 aliphatic rings. The number of carbonyl (C=O) groups excluding carboxylic acids is 1. The van der Waals surface area contributed by atoms with E-state index in [4.69, 9.17) is 16.3 Å². The zero-order chi connectivity index (χ0) is 13.1. The Morgan fingerprint density at radius 3 is 3.06 bits per heavy atom. The van der Waals surface area contributed by atoms with Gasteiger partial charge < -0.3 is 4.74 Å². The predicted octanol–water partition coefficient (Wildman–Crippen LogP) is 3.57. The van der Waals surface area contributed by atoms with Gasteiger partial charge in [0, 0.05) is 5.69 Å². The molecule has 0 aromatic carbocycles. The molecule has 0 spiro atoms. The largest absolute Gasteiger partial charge is 0.462 e. The molecule has 0 saturated heterocycles. The van der Waals surface area contributed by atoms with Crippen LogP contribution < -0.4 is 0 Å². The topological polar surface area (TPSA) is 39.2 Å². The molecule has 1 atom stereocenters. The van der Waals surface area contributed by atoms with E-state index in [1.807, 2.05) is 13.0 Å². The molecule has 1 aromatic heterocycles. The molecule has 98 valence electrons. The van der Waals surface area contributed by atoms with Gasteiger partial charge in [-0.15, -0.1) is 11.6 Å². The molecule has 1 aliphatic carbocycles. The summed E-state index contributed by atoms with van der Waals surface area (Å²) in [6.45, 7) is 4.02. The lowest BCUT2D eigenvalue weighted by atomic mass is 10.0. The summed E-state index contributed by atoms with van der Waals surface area (Å²) in [7, 11) is 0. The first-order valence-electron chi connectivity index (χ1n) is 6.45. The van der Waals surface area contributed by atoms with Crippen molar-refractivity contribution in [3.63, 3.8) is 0 Å². The number of alkyl halides is 1. The Labute approximate surface area is 113 Å². The Morgan fingerprint density at radius 1 is 1.56 bits per heavy atom. The van der Waals surface area contributed by atoms with E-state index in [1.165, 1.54) is 0 Å². The Bertz CT molecular complexity index is 459. The van der Waals surface area contributed by atoms with E-state index in [1.54, 1.807) is 6.92 Å². The van der Waals surface area contributed by atoms with Gasteiger partial charge in [-0.05, 0) is 44.7 Å². The minimum Gasteiger partial charge on any atom is -0.462 e. The van der Waals surface area contributed by atoms with Gasteiger partial charge in [0.2, 0.25) is 0 Å². The van der Waals surface area contributed by atoms with E-state index in [9.17, 15) is 4.79 Å². The first kappa shape index (κ1) is 13.3. The fourth-order valence-corrected chi connectivity index (χ4v) is 2.67. The van der Waals surface area contributed by atoms with Crippen LogP contribution in [0.2, 0.25) is 0 Å². The average Bonchev–Trinajstić information content (AvgIpc) is 2.51. The van der Waals surface area contributed by atoms with Gasteiger partial charge in [-0.25, -0.2) is 4.79 Å². The van der Waals surface area contributed by atoms with Gasteiger partial charge in [0.15, 0.2) is 0 Å². The highest BCUT2D eigenvalue weighted by Gasteiger charge is 2.22. The van der Waals surface area contributed by atoms with E-state index in [0.717, 1.165) is 42.6 Å². The Balaban J connectivity index is 2.42. The van der Waals surface area contributed by atoms with Crippen LogP contribution in [0, 0.1) is 6.92 Å². The Morgan fingerprint density at radius 2 is 2.33 bits per heavy atom. The molecule has 0 aliphatic heterocycles. The highest BCUT2D eigenvalue weighted by molar-refractivity contribution is 6.21. The van der Waals surface area contributed by atoms with Gasteiger partial charge in [-0.2, -0.15) is 0 Å². The van der Waals surface area contributed by atoms with Gasteiger partial charge in [0.1, 0.15) is 0 Å². The number of rotatable bonds is 2. The number of aromatic nitrogens is 1. The van der Waals surface area contributed by atoms with Gasteiger partial charge in [0.25, 0.3) is 0 Å². The fraction of sp³-hybridized carbons (Fsp3) is 0.571. The van der Waals surface area contributed by atoms with Gasteiger partial charge in [-0.3, -0.25) is 4.98 Å². The van der Waals surface area contributed by atoms with Crippen LogP contribution in [0.15, 0.2) is 6.07 Å². The molecule has 1 aromatic rings. The second kappa shape index (κ2) is 5.70. The van der Waals surface area contributed by atoms with Crippen LogP contribution in [0.5, 0.6) is 0 Å². The number of halogens is 1. The maximum absolute atomic E-state index is 11.8. The standard InChI is InChI=1S/C14H18ClNO2/c1-3-18-14(17)10-8-11-12(15)6-4-5-7-13(11)16-9(10)2/h8,12H,3-7H2,1-2H3. The third kappa shape index (κ3) is 2.66. The van der Waals surface area contributed by atoms with Crippen molar-refractivity contribution in [2.45, 2.75) is 44.9 Å². The van der Waals surface area contributed by atoms with Crippen LogP contribution in [-0.2, 0) is 11.2 Å². The molecule has 0 radical (unpaired) electrons. The van der Waals surface area contributed by atoms with Crippen LogP contribution in [-0.4, -0.2) is 17.6 Å². The molecule has 18 heavy (non-hydrogen) atoms. The molecule has 0 saturated carbocycles. The number of fused-ring (bicyclic) bond motifs is 1. The smallest absolute Gasteiger partial charge is 0.339 e. The van der Waals surface area contributed by atoms with E-state index >= 15 is 0 Å². The van der Waals surface area contributed by atoms with Crippen LogP contribution in [0.1, 0.15) is 58.9 Å². The number of hydrogen-bond acceptors (Lipinski definition) is 3. The van der Waals surface area contributed by atoms with Crippen molar-refractivity contribution >= 4 is 17.6 Å². The monoisotopic (exact) mass is 267 g/mol. The summed E-state index contributed by atoms with van der Waals surface area (Å²) in [6.07, 6.45) is 4.11. The zero-order valence-electron chi connectivity index (χ0n) is 10.8. The summed E-state index contributed by atoms with van der Waals surface area (Å²) < 4.78 is 5.04. The summed E-state index contributed by atoms with van der Waals surface area (Å²) in [5.41, 5.74) is 3.32. The second-order valence-corrected chi connectivity index (χ2v) is 5.12. The number of aryl methyl sites for hydroxylation is 2. The van der Waals surface area contributed by atoms with Gasteiger partial charge in [-0.1, -0.05) is 6.42 Å². The normalized spacial score (nSPS) is 18.9. The molecule has 2 rings (SSSR count). The molecule has 0 amide bonds. The fourth-order valence-electron chi connectivity index (χ4n) is 2.33. The summed E-state index contributed by atoms with van der Waals surface area (Å²) >= 11 is 6.37. The third-order valence-corrected chi connectivity index (χ3v) is 3.73. The van der Waals surface area contributed by atoms with Gasteiger partial charge >= 0.3 is 5.97 Å². The van der Waals surface area contributed by atoms with Crippen molar-refractivity contribution in [1.29, 1.82) is 0 Å². The maximum atomic E-state index is 11.8. The average molecular weight is 268 g/mol. The van der Waals surface area contributed by atoms with E-state index < -0.39 is 0 Å². The van der Waals surface area contributed by atoms with Crippen molar-refractivity contribution in [1.82, 2.24) is 4.98 Å². The SMILES string of the molecule is CCOC(=O)c1cc2c(nc1C)CCCCC2Cl. The number of pyridine rings is 1. The summed E-state index contributed by atoms with van der Waals surface area (Å²) in [4.78, 5) is 16.4. The molecule has 0 N–H and O–H groups in total. The first-order chi connectivity index (χ1) is 8.63. The predicted molar refractivity (Wildman–Crippen MR) is 71.1 cm³/mol. The first-order valence-corrected chi connectivity index (χ1v) is 6.88. The molecule has 4 heteroatoms. The van der Waals surface area contributed by atoms with Crippen LogP contribution in [0.3, 0.4) is 0 Å². The quantitative estimate of drug-likeness (QED) is 0.467. The van der Waals surface area contributed by atoms with Crippen LogP contribution in [0.25, 0.3) is 0 Å². The highest BCUT2D eigenvalue weighted by Crippen LogP contribution is 2.33. The highest BCUT2D eigenvalue weighted by atomic mass is 35.5. The molecule has 1 heterocycles. The maximum Gasteiger partial charge on any atom is 0.339 e.